The minimum Gasteiger partial charge on any atom is -0.506 e. The average molecular weight is 877 g/mol. The summed E-state index contributed by atoms with van der Waals surface area (Å²) in [4.78, 5) is 85.9. The predicted octanol–water partition coefficient (Wildman–Crippen LogP) is 5.33. The van der Waals surface area contributed by atoms with Crippen LogP contribution in [0.25, 0.3) is 22.0 Å². The molecule has 64 heavy (non-hydrogen) atoms. The lowest BCUT2D eigenvalue weighted by Gasteiger charge is -2.31. The first-order valence-corrected chi connectivity index (χ1v) is 21.1. The molecule has 1 atom stereocenters. The second-order valence-electron chi connectivity index (χ2n) is 15.5. The number of carbonyl (C=O) groups is 5. The molecule has 0 aliphatic carbocycles. The number of nitrogens with one attached hydrogen (secondary N) is 3. The number of anilines is 2. The monoisotopic (exact) mass is 876 g/mol. The van der Waals surface area contributed by atoms with Gasteiger partial charge in [-0.25, -0.2) is 14.4 Å². The van der Waals surface area contributed by atoms with Crippen LogP contribution in [0.4, 0.5) is 16.2 Å². The number of nitrogens with zero attached hydrogens (tertiary/aromatic N) is 3. The Hall–Kier alpha value is -7.08. The predicted molar refractivity (Wildman–Crippen MR) is 238 cm³/mol. The van der Waals surface area contributed by atoms with E-state index in [1.165, 1.54) is 18.2 Å². The molecule has 0 saturated carbocycles. The van der Waals surface area contributed by atoms with Crippen LogP contribution >= 0.6 is 0 Å². The van der Waals surface area contributed by atoms with Gasteiger partial charge in [0.1, 0.15) is 11.9 Å². The van der Waals surface area contributed by atoms with Crippen molar-refractivity contribution in [3.8, 4) is 16.9 Å². The highest BCUT2D eigenvalue weighted by molar-refractivity contribution is 6.30. The quantitative estimate of drug-likeness (QED) is 0.0301. The first kappa shape index (κ1) is 46.4. The zero-order valence-electron chi connectivity index (χ0n) is 35.4. The molecule has 6 rings (SSSR count). The van der Waals surface area contributed by atoms with Gasteiger partial charge in [0.25, 0.3) is 0 Å². The third-order valence-electron chi connectivity index (χ3n) is 10.9. The van der Waals surface area contributed by atoms with Gasteiger partial charge in [-0.15, -0.1) is 5.06 Å². The van der Waals surface area contributed by atoms with Crippen LogP contribution in [-0.4, -0.2) is 106 Å². The molecule has 336 valence electrons. The van der Waals surface area contributed by atoms with Crippen molar-refractivity contribution in [3.63, 3.8) is 0 Å². The van der Waals surface area contributed by atoms with Crippen molar-refractivity contribution < 1.29 is 48.9 Å². The van der Waals surface area contributed by atoms with Crippen LogP contribution in [0.5, 0.6) is 5.75 Å². The van der Waals surface area contributed by atoms with E-state index in [9.17, 15) is 44.1 Å². The van der Waals surface area contributed by atoms with E-state index in [-0.39, 0.29) is 47.3 Å². The van der Waals surface area contributed by atoms with Gasteiger partial charge in [-0.05, 0) is 72.7 Å². The molecule has 1 aliphatic rings. The summed E-state index contributed by atoms with van der Waals surface area (Å²) in [7, 11) is 1.73. The molecule has 4 aromatic carbocycles. The molecule has 1 aliphatic heterocycles. The lowest BCUT2D eigenvalue weighted by Crippen LogP contribution is -2.42. The minimum atomic E-state index is -1.59. The summed E-state index contributed by atoms with van der Waals surface area (Å²) in [6, 6.07) is 28.7. The third kappa shape index (κ3) is 12.7. The van der Waals surface area contributed by atoms with Gasteiger partial charge in [0.2, 0.25) is 17.4 Å². The van der Waals surface area contributed by atoms with Crippen molar-refractivity contribution in [2.24, 2.45) is 0 Å². The van der Waals surface area contributed by atoms with Gasteiger partial charge >= 0.3 is 18.0 Å². The highest BCUT2D eigenvalue weighted by Crippen LogP contribution is 2.32. The molecular formula is C47H52N6O11. The topological polar surface area (TPSA) is 231 Å². The fourth-order valence-corrected chi connectivity index (χ4v) is 7.42. The van der Waals surface area contributed by atoms with E-state index < -0.39 is 30.2 Å². The second kappa shape index (κ2) is 22.3. The van der Waals surface area contributed by atoms with Crippen molar-refractivity contribution >= 4 is 52.1 Å². The lowest BCUT2D eigenvalue weighted by atomic mass is 10.0. The van der Waals surface area contributed by atoms with Crippen molar-refractivity contribution in [1.82, 2.24) is 20.1 Å². The fraction of sp³-hybridized carbons (Fsp3) is 0.319. The van der Waals surface area contributed by atoms with Gasteiger partial charge < -0.3 is 50.3 Å². The number of hydrogen-bond donors (Lipinski definition) is 6. The highest BCUT2D eigenvalue weighted by atomic mass is 16.7. The van der Waals surface area contributed by atoms with Crippen molar-refractivity contribution in [1.29, 1.82) is 0 Å². The molecule has 17 heteroatoms. The van der Waals surface area contributed by atoms with Crippen LogP contribution in [0.1, 0.15) is 55.8 Å². The van der Waals surface area contributed by atoms with Crippen molar-refractivity contribution in [2.45, 2.75) is 57.3 Å². The SMILES string of the molecule is CN(CCCCC(=O)Nc1ccc(CNC[C@@H](O)c2ccc(O)c3[nH]c(=O)ccc23)cc1)C(=O)CCN1CCC(OC(=O)C(=O)ON(C(=O)O)c2ccccc2-c2ccccc2)CC1. The van der Waals surface area contributed by atoms with E-state index in [1.54, 1.807) is 78.7 Å². The number of piperidine rings is 1. The Kier molecular flexibility index (Phi) is 16.2. The Bertz CT molecular complexity index is 2470. The Morgan fingerprint density at radius 2 is 1.58 bits per heavy atom. The van der Waals surface area contributed by atoms with E-state index in [1.807, 2.05) is 18.2 Å². The number of likely N-dealkylation sites (tertiary alicyclic amines) is 1. The molecule has 0 unspecified atom stereocenters. The van der Waals surface area contributed by atoms with Gasteiger partial charge in [0, 0.05) is 81.9 Å². The number of aliphatic hydroxyl groups excluding tert-OH is 1. The number of esters is 1. The number of phenolic OH excluding ortho intramolecular Hbond substituents is 1. The molecule has 1 saturated heterocycles. The number of carbonyl (C=O) groups excluding carboxylic acids is 4. The number of benzene rings is 4. The Morgan fingerprint density at radius 3 is 2.31 bits per heavy atom. The number of aromatic hydroxyl groups is 1. The number of hydrogen-bond acceptors (Lipinski definition) is 12. The molecule has 0 radical (unpaired) electrons. The summed E-state index contributed by atoms with van der Waals surface area (Å²) in [6.07, 6.45) is -0.394. The standard InChI is InChI=1S/C47H52N6O11/c1-51(25-8-7-13-41(56)49-33-16-14-31(15-17-33)29-48-30-40(55)36-18-20-39(54)44-37(36)19-21-42(57)50-44)43(58)24-28-52-26-22-34(23-27-52)63-45(59)46(60)64-53(47(61)62)38-12-6-5-11-35(38)32-9-3-2-4-10-32/h2-6,9-12,14-21,34,40,48,54-55H,7-8,13,22-30H2,1H3,(H,49,56)(H,50,57)(H,61,62)/t40-/m1/s1. The van der Waals surface area contributed by atoms with Crippen molar-refractivity contribution in [2.75, 3.05) is 50.2 Å². The maximum absolute atomic E-state index is 12.9. The number of aliphatic hydroxyl groups is 1. The van der Waals surface area contributed by atoms with E-state index in [2.05, 4.69) is 20.5 Å². The molecule has 17 nitrogen and oxygen atoms in total. The highest BCUT2D eigenvalue weighted by Gasteiger charge is 2.31. The van der Waals surface area contributed by atoms with Crippen LogP contribution < -0.4 is 21.3 Å². The molecule has 1 fully saturated rings. The summed E-state index contributed by atoms with van der Waals surface area (Å²) in [5.41, 5.74) is 3.32. The molecule has 2 heterocycles. The van der Waals surface area contributed by atoms with Crippen LogP contribution in [0, 0.1) is 0 Å². The van der Waals surface area contributed by atoms with Crippen LogP contribution in [0.15, 0.2) is 108 Å². The molecule has 0 spiro atoms. The summed E-state index contributed by atoms with van der Waals surface area (Å²) in [5, 5.41) is 37.7. The average Bonchev–Trinajstić information content (AvgIpc) is 3.30. The molecule has 5 aromatic rings. The first-order chi connectivity index (χ1) is 30.9. The van der Waals surface area contributed by atoms with E-state index >= 15 is 0 Å². The number of unbranched alkanes of at least 4 members (excludes halogenated alkanes) is 1. The lowest BCUT2D eigenvalue weighted by molar-refractivity contribution is -0.172. The Labute approximate surface area is 369 Å². The number of rotatable bonds is 17. The van der Waals surface area contributed by atoms with E-state index in [4.69, 9.17) is 9.57 Å². The smallest absolute Gasteiger partial charge is 0.445 e. The normalized spacial score (nSPS) is 13.5. The largest absolute Gasteiger partial charge is 0.506 e. The first-order valence-electron chi connectivity index (χ1n) is 21.1. The number of pyridine rings is 1. The number of H-pyrrole nitrogens is 1. The summed E-state index contributed by atoms with van der Waals surface area (Å²) < 4.78 is 5.37. The van der Waals surface area contributed by atoms with Gasteiger partial charge in [-0.1, -0.05) is 66.7 Å². The molecule has 3 amide bonds. The summed E-state index contributed by atoms with van der Waals surface area (Å²) >= 11 is 0. The fourth-order valence-electron chi connectivity index (χ4n) is 7.42. The van der Waals surface area contributed by atoms with Gasteiger partial charge in [-0.3, -0.25) is 14.4 Å². The minimum absolute atomic E-state index is 0.0342. The second-order valence-corrected chi connectivity index (χ2v) is 15.5. The molecule has 1 aromatic heterocycles. The molecule has 0 bridgehead atoms. The number of ether oxygens (including phenoxy) is 1. The zero-order valence-corrected chi connectivity index (χ0v) is 35.4. The summed E-state index contributed by atoms with van der Waals surface area (Å²) in [6.45, 7) is 2.74. The Balaban J connectivity index is 0.827. The number of aromatic nitrogens is 1. The van der Waals surface area contributed by atoms with E-state index in [0.717, 1.165) is 5.56 Å². The molecular weight excluding hydrogens is 825 g/mol. The number of fused-ring (bicyclic) bond motifs is 1. The van der Waals surface area contributed by atoms with Crippen molar-refractivity contribution in [3.05, 3.63) is 125 Å². The summed E-state index contributed by atoms with van der Waals surface area (Å²) in [5.74, 6) is -3.00. The number of amides is 3. The molecule has 6 N–H and O–H groups in total. The van der Waals surface area contributed by atoms with Gasteiger partial charge in [-0.2, -0.15) is 0 Å². The van der Waals surface area contributed by atoms with Crippen LogP contribution in [0.3, 0.4) is 0 Å². The Morgan fingerprint density at radius 1 is 0.859 bits per heavy atom. The third-order valence-corrected chi connectivity index (χ3v) is 10.9. The number of hydroxylamine groups is 1. The van der Waals surface area contributed by atoms with Gasteiger partial charge in [0.05, 0.1) is 17.3 Å². The van der Waals surface area contributed by atoms with Crippen LogP contribution in [0.2, 0.25) is 0 Å². The van der Waals surface area contributed by atoms with E-state index in [0.29, 0.717) is 97.7 Å². The number of para-hydroxylation sites is 1. The van der Waals surface area contributed by atoms with Crippen LogP contribution in [-0.2, 0) is 35.3 Å². The van der Waals surface area contributed by atoms with Gasteiger partial charge in [0.15, 0.2) is 0 Å². The number of aromatic amines is 1. The maximum Gasteiger partial charge on any atom is 0.445 e. The number of phenols is 1. The zero-order chi connectivity index (χ0) is 45.6. The maximum atomic E-state index is 12.9. The number of carboxylic acid groups (broad SMARTS) is 1.